The van der Waals surface area contributed by atoms with Crippen LogP contribution in [0.4, 0.5) is 0 Å². The summed E-state index contributed by atoms with van der Waals surface area (Å²) in [5.41, 5.74) is 1.86. The van der Waals surface area contributed by atoms with Crippen LogP contribution in [0.3, 0.4) is 0 Å². The average Bonchev–Trinajstić information content (AvgIpc) is 2.12. The number of rotatable bonds is 0. The largest absolute Gasteiger partial charge is 0.507 e. The molecule has 1 N–H and O–H groups in total. The second-order valence-corrected chi connectivity index (χ2v) is 3.33. The Morgan fingerprint density at radius 3 is 2.71 bits per heavy atom. The van der Waals surface area contributed by atoms with E-state index in [0.29, 0.717) is 11.0 Å². The molecule has 0 atom stereocenters. The van der Waals surface area contributed by atoms with Crippen molar-refractivity contribution in [2.75, 3.05) is 0 Å². The van der Waals surface area contributed by atoms with Crippen molar-refractivity contribution in [2.45, 2.75) is 13.8 Å². The summed E-state index contributed by atoms with van der Waals surface area (Å²) in [4.78, 5) is 11.0. The summed E-state index contributed by atoms with van der Waals surface area (Å²) < 4.78 is 5.04. The number of hydrogen-bond acceptors (Lipinski definition) is 3. The zero-order valence-electron chi connectivity index (χ0n) is 8.00. The molecule has 1 aromatic carbocycles. The van der Waals surface area contributed by atoms with Gasteiger partial charge in [-0.15, -0.1) is 0 Å². The summed E-state index contributed by atoms with van der Waals surface area (Å²) >= 11 is 0. The lowest BCUT2D eigenvalue weighted by atomic mass is 10.1. The van der Waals surface area contributed by atoms with Crippen molar-refractivity contribution in [3.8, 4) is 5.75 Å². The fourth-order valence-electron chi connectivity index (χ4n) is 1.44. The van der Waals surface area contributed by atoms with E-state index in [1.54, 1.807) is 6.07 Å². The quantitative estimate of drug-likeness (QED) is 0.647. The first-order valence-corrected chi connectivity index (χ1v) is 4.32. The molecule has 0 aliphatic rings. The molecule has 0 saturated heterocycles. The molecule has 0 radical (unpaired) electrons. The number of aryl methyl sites for hydroxylation is 2. The highest BCUT2D eigenvalue weighted by Crippen LogP contribution is 2.26. The Labute approximate surface area is 80.6 Å². The average molecular weight is 190 g/mol. The summed E-state index contributed by atoms with van der Waals surface area (Å²) in [6.07, 6.45) is 0. The van der Waals surface area contributed by atoms with E-state index in [2.05, 4.69) is 0 Å². The van der Waals surface area contributed by atoms with Gasteiger partial charge in [-0.3, -0.25) is 0 Å². The van der Waals surface area contributed by atoms with Crippen molar-refractivity contribution in [3.05, 3.63) is 39.7 Å². The molecule has 2 rings (SSSR count). The third-order valence-corrected chi connectivity index (χ3v) is 2.41. The second-order valence-electron chi connectivity index (χ2n) is 3.33. The van der Waals surface area contributed by atoms with E-state index < -0.39 is 5.63 Å². The minimum atomic E-state index is -0.524. The predicted molar refractivity (Wildman–Crippen MR) is 53.6 cm³/mol. The first-order valence-electron chi connectivity index (χ1n) is 4.32. The van der Waals surface area contributed by atoms with Crippen LogP contribution >= 0.6 is 0 Å². The molecule has 0 bridgehead atoms. The molecule has 0 fully saturated rings. The van der Waals surface area contributed by atoms with Gasteiger partial charge in [0.05, 0.1) is 11.5 Å². The van der Waals surface area contributed by atoms with Crippen molar-refractivity contribution in [3.63, 3.8) is 0 Å². The maximum Gasteiger partial charge on any atom is 0.339 e. The molecule has 14 heavy (non-hydrogen) atoms. The Kier molecular flexibility index (Phi) is 1.81. The van der Waals surface area contributed by atoms with Gasteiger partial charge in [-0.1, -0.05) is 6.07 Å². The lowest BCUT2D eigenvalue weighted by molar-refractivity contribution is 0.467. The highest BCUT2D eigenvalue weighted by atomic mass is 16.4. The van der Waals surface area contributed by atoms with E-state index in [9.17, 15) is 9.90 Å². The number of benzene rings is 1. The van der Waals surface area contributed by atoms with Gasteiger partial charge >= 0.3 is 5.63 Å². The van der Waals surface area contributed by atoms with Crippen LogP contribution in [0.2, 0.25) is 0 Å². The Hall–Kier alpha value is -1.77. The minimum Gasteiger partial charge on any atom is -0.507 e. The van der Waals surface area contributed by atoms with E-state index in [4.69, 9.17) is 4.42 Å². The third-order valence-electron chi connectivity index (χ3n) is 2.41. The highest BCUT2D eigenvalue weighted by Gasteiger charge is 2.07. The van der Waals surface area contributed by atoms with E-state index >= 15 is 0 Å². The molecule has 0 amide bonds. The van der Waals surface area contributed by atoms with Crippen LogP contribution < -0.4 is 5.63 Å². The van der Waals surface area contributed by atoms with Crippen molar-refractivity contribution in [1.82, 2.24) is 0 Å². The maximum atomic E-state index is 11.0. The summed E-state index contributed by atoms with van der Waals surface area (Å²) in [7, 11) is 0. The monoisotopic (exact) mass is 190 g/mol. The van der Waals surface area contributed by atoms with Crippen molar-refractivity contribution in [1.29, 1.82) is 0 Å². The lowest BCUT2D eigenvalue weighted by Crippen LogP contribution is -1.97. The van der Waals surface area contributed by atoms with Gasteiger partial charge < -0.3 is 9.52 Å². The first-order chi connectivity index (χ1) is 6.59. The van der Waals surface area contributed by atoms with E-state index in [1.165, 1.54) is 0 Å². The fraction of sp³-hybridized carbons (Fsp3) is 0.182. The van der Waals surface area contributed by atoms with Crippen molar-refractivity contribution >= 4 is 11.0 Å². The van der Waals surface area contributed by atoms with Gasteiger partial charge in [-0.25, -0.2) is 4.79 Å². The molecule has 2 aromatic rings. The van der Waals surface area contributed by atoms with Gasteiger partial charge in [-0.05, 0) is 31.0 Å². The van der Waals surface area contributed by atoms with Crippen LogP contribution in [0.5, 0.6) is 5.75 Å². The van der Waals surface area contributed by atoms with Crippen LogP contribution in [0.15, 0.2) is 27.4 Å². The summed E-state index contributed by atoms with van der Waals surface area (Å²) in [6.45, 7) is 3.79. The Bertz CT molecular complexity index is 552. The molecule has 0 saturated carbocycles. The zero-order chi connectivity index (χ0) is 10.3. The van der Waals surface area contributed by atoms with Crippen LogP contribution in [0.1, 0.15) is 11.1 Å². The van der Waals surface area contributed by atoms with Gasteiger partial charge in [0.1, 0.15) is 11.3 Å². The molecule has 0 aliphatic heterocycles. The molecule has 72 valence electrons. The Balaban J connectivity index is 3.02. The van der Waals surface area contributed by atoms with Gasteiger partial charge in [0.2, 0.25) is 0 Å². The molecule has 1 aromatic heterocycles. The van der Waals surface area contributed by atoms with Crippen molar-refractivity contribution in [2.24, 2.45) is 0 Å². The molecule has 0 aliphatic carbocycles. The van der Waals surface area contributed by atoms with E-state index in [0.717, 1.165) is 17.2 Å². The zero-order valence-corrected chi connectivity index (χ0v) is 8.00. The molecule has 3 heteroatoms. The minimum absolute atomic E-state index is 0.0284. The molecular weight excluding hydrogens is 180 g/mol. The SMILES string of the molecule is Cc1ccc2c(O)cc(=O)oc2c1C. The van der Waals surface area contributed by atoms with E-state index in [1.807, 2.05) is 19.9 Å². The Morgan fingerprint density at radius 2 is 2.00 bits per heavy atom. The summed E-state index contributed by atoms with van der Waals surface area (Å²) in [6, 6.07) is 4.71. The summed E-state index contributed by atoms with van der Waals surface area (Å²) in [5.74, 6) is -0.0284. The van der Waals surface area contributed by atoms with Gasteiger partial charge in [-0.2, -0.15) is 0 Å². The first kappa shape index (κ1) is 8.81. The highest BCUT2D eigenvalue weighted by molar-refractivity contribution is 5.86. The summed E-state index contributed by atoms with van der Waals surface area (Å²) in [5, 5.41) is 10.1. The second kappa shape index (κ2) is 2.87. The van der Waals surface area contributed by atoms with Crippen LogP contribution in [-0.4, -0.2) is 5.11 Å². The smallest absolute Gasteiger partial charge is 0.339 e. The molecule has 1 heterocycles. The third kappa shape index (κ3) is 1.18. The number of aromatic hydroxyl groups is 1. The molecule has 0 spiro atoms. The normalized spacial score (nSPS) is 10.7. The lowest BCUT2D eigenvalue weighted by Gasteiger charge is -2.04. The van der Waals surface area contributed by atoms with Gasteiger partial charge in [0.15, 0.2) is 0 Å². The number of hydrogen-bond donors (Lipinski definition) is 1. The van der Waals surface area contributed by atoms with Crippen LogP contribution in [-0.2, 0) is 0 Å². The molecular formula is C11H10O3. The fourth-order valence-corrected chi connectivity index (χ4v) is 1.44. The van der Waals surface area contributed by atoms with Crippen LogP contribution in [0, 0.1) is 13.8 Å². The topological polar surface area (TPSA) is 50.4 Å². The van der Waals surface area contributed by atoms with E-state index in [-0.39, 0.29) is 5.75 Å². The molecule has 0 unspecified atom stereocenters. The van der Waals surface area contributed by atoms with Gasteiger partial charge in [0, 0.05) is 0 Å². The van der Waals surface area contributed by atoms with Crippen molar-refractivity contribution < 1.29 is 9.52 Å². The Morgan fingerprint density at radius 1 is 1.29 bits per heavy atom. The maximum absolute atomic E-state index is 11.0. The standard InChI is InChI=1S/C11H10O3/c1-6-3-4-8-9(12)5-10(13)14-11(8)7(6)2/h3-5,12H,1-2H3. The predicted octanol–water partition coefficient (Wildman–Crippen LogP) is 2.12. The number of fused-ring (bicyclic) bond motifs is 1. The van der Waals surface area contributed by atoms with Crippen LogP contribution in [0.25, 0.3) is 11.0 Å². The molecule has 3 nitrogen and oxygen atoms in total. The van der Waals surface area contributed by atoms with Gasteiger partial charge in [0.25, 0.3) is 0 Å².